The molecule has 1 saturated heterocycles. The van der Waals surface area contributed by atoms with Gasteiger partial charge in [0.15, 0.2) is 0 Å². The predicted molar refractivity (Wildman–Crippen MR) is 64.6 cm³/mol. The van der Waals surface area contributed by atoms with E-state index in [2.05, 4.69) is 5.32 Å². The van der Waals surface area contributed by atoms with Crippen LogP contribution in [0.25, 0.3) is 0 Å². The number of thioether (sulfide) groups is 1. The summed E-state index contributed by atoms with van der Waals surface area (Å²) in [6.45, 7) is 3.81. The number of hydrogen-bond acceptors (Lipinski definition) is 3. The van der Waals surface area contributed by atoms with Crippen LogP contribution in [0.2, 0.25) is 0 Å². The molecule has 1 aliphatic heterocycles. The smallest absolute Gasteiger partial charge is 0.303 e. The van der Waals surface area contributed by atoms with Crippen molar-refractivity contribution in [1.29, 1.82) is 0 Å². The zero-order valence-corrected chi connectivity index (χ0v) is 10.6. The number of carboxylic acid groups (broad SMARTS) is 1. The van der Waals surface area contributed by atoms with Gasteiger partial charge in [-0.1, -0.05) is 0 Å². The highest BCUT2D eigenvalue weighted by Crippen LogP contribution is 2.37. The Bertz CT molecular complexity index is 274. The minimum atomic E-state index is -0.817. The summed E-state index contributed by atoms with van der Waals surface area (Å²) >= 11 is 1.69. The number of carbonyl (C=O) groups excluding carboxylic acids is 1. The minimum Gasteiger partial charge on any atom is -0.481 e. The molecule has 0 spiro atoms. The average molecular weight is 245 g/mol. The van der Waals surface area contributed by atoms with Crippen molar-refractivity contribution in [2.75, 3.05) is 5.75 Å². The van der Waals surface area contributed by atoms with Gasteiger partial charge in [-0.15, -0.1) is 11.8 Å². The molecule has 16 heavy (non-hydrogen) atoms. The monoisotopic (exact) mass is 245 g/mol. The van der Waals surface area contributed by atoms with Gasteiger partial charge in [0.05, 0.1) is 4.75 Å². The van der Waals surface area contributed by atoms with Gasteiger partial charge in [0.2, 0.25) is 5.91 Å². The van der Waals surface area contributed by atoms with Gasteiger partial charge < -0.3 is 10.4 Å². The first kappa shape index (κ1) is 13.4. The third-order valence-electron chi connectivity index (χ3n) is 2.87. The van der Waals surface area contributed by atoms with Crippen molar-refractivity contribution in [3.63, 3.8) is 0 Å². The van der Waals surface area contributed by atoms with Gasteiger partial charge in [-0.2, -0.15) is 0 Å². The number of aliphatic carboxylic acids is 1. The highest BCUT2D eigenvalue weighted by atomic mass is 32.2. The zero-order chi connectivity index (χ0) is 12.2. The van der Waals surface area contributed by atoms with Crippen molar-refractivity contribution in [2.45, 2.75) is 50.3 Å². The summed E-state index contributed by atoms with van der Waals surface area (Å²) in [6, 6.07) is -0.0679. The Balaban J connectivity index is 2.35. The fraction of sp³-hybridized carbons (Fsp3) is 0.818. The van der Waals surface area contributed by atoms with Crippen LogP contribution < -0.4 is 5.32 Å². The van der Waals surface area contributed by atoms with Gasteiger partial charge in [0.25, 0.3) is 0 Å². The van der Waals surface area contributed by atoms with Crippen molar-refractivity contribution in [3.05, 3.63) is 0 Å². The van der Waals surface area contributed by atoms with E-state index in [9.17, 15) is 9.59 Å². The Morgan fingerprint density at radius 1 is 1.56 bits per heavy atom. The molecule has 2 unspecified atom stereocenters. The van der Waals surface area contributed by atoms with Gasteiger partial charge >= 0.3 is 5.97 Å². The molecule has 0 aromatic rings. The lowest BCUT2D eigenvalue weighted by atomic mass is 10.0. The third kappa shape index (κ3) is 3.70. The molecular formula is C11H19NO3S. The molecule has 0 saturated carbocycles. The molecule has 92 valence electrons. The molecule has 1 amide bonds. The topological polar surface area (TPSA) is 66.4 Å². The molecule has 0 radical (unpaired) electrons. The lowest BCUT2D eigenvalue weighted by Crippen LogP contribution is -2.44. The molecule has 0 aromatic heterocycles. The van der Waals surface area contributed by atoms with Crippen LogP contribution >= 0.6 is 11.8 Å². The fourth-order valence-corrected chi connectivity index (χ4v) is 2.96. The van der Waals surface area contributed by atoms with E-state index in [4.69, 9.17) is 5.11 Å². The maximum Gasteiger partial charge on any atom is 0.303 e. The number of carbonyl (C=O) groups is 2. The number of amides is 1. The van der Waals surface area contributed by atoms with E-state index in [1.54, 1.807) is 11.8 Å². The number of rotatable bonds is 5. The summed E-state index contributed by atoms with van der Waals surface area (Å²) in [5.74, 6) is 0.267. The van der Waals surface area contributed by atoms with E-state index in [0.717, 1.165) is 18.6 Å². The van der Waals surface area contributed by atoms with E-state index in [1.807, 2.05) is 13.8 Å². The maximum atomic E-state index is 11.9. The molecule has 2 atom stereocenters. The summed E-state index contributed by atoms with van der Waals surface area (Å²) in [5, 5.41) is 11.4. The van der Waals surface area contributed by atoms with Crippen molar-refractivity contribution in [2.24, 2.45) is 0 Å². The Hall–Kier alpha value is -0.710. The Morgan fingerprint density at radius 3 is 2.75 bits per heavy atom. The largest absolute Gasteiger partial charge is 0.481 e. The number of hydrogen-bond donors (Lipinski definition) is 2. The van der Waals surface area contributed by atoms with E-state index in [0.29, 0.717) is 6.42 Å². The Morgan fingerprint density at radius 2 is 2.25 bits per heavy atom. The van der Waals surface area contributed by atoms with Crippen LogP contribution in [-0.2, 0) is 9.59 Å². The van der Waals surface area contributed by atoms with Crippen molar-refractivity contribution < 1.29 is 14.7 Å². The number of carboxylic acids is 1. The minimum absolute atomic E-state index is 0.0490. The van der Waals surface area contributed by atoms with Crippen molar-refractivity contribution in [1.82, 2.24) is 5.32 Å². The van der Waals surface area contributed by atoms with Crippen LogP contribution in [-0.4, -0.2) is 33.5 Å². The highest BCUT2D eigenvalue weighted by molar-refractivity contribution is 8.01. The summed E-state index contributed by atoms with van der Waals surface area (Å²) in [7, 11) is 0. The molecule has 5 heteroatoms. The first-order chi connectivity index (χ1) is 7.44. The molecule has 0 aromatic carbocycles. The van der Waals surface area contributed by atoms with E-state index < -0.39 is 5.97 Å². The van der Waals surface area contributed by atoms with Gasteiger partial charge in [-0.05, 0) is 38.9 Å². The van der Waals surface area contributed by atoms with Crippen LogP contribution in [0.15, 0.2) is 0 Å². The van der Waals surface area contributed by atoms with E-state index in [1.165, 1.54) is 0 Å². The van der Waals surface area contributed by atoms with E-state index >= 15 is 0 Å². The van der Waals surface area contributed by atoms with E-state index in [-0.39, 0.29) is 23.1 Å². The summed E-state index contributed by atoms with van der Waals surface area (Å²) < 4.78 is -0.308. The molecule has 1 heterocycles. The second kappa shape index (κ2) is 5.57. The lowest BCUT2D eigenvalue weighted by Gasteiger charge is -2.24. The first-order valence-corrected chi connectivity index (χ1v) is 6.59. The van der Waals surface area contributed by atoms with Gasteiger partial charge in [0, 0.05) is 12.5 Å². The summed E-state index contributed by atoms with van der Waals surface area (Å²) in [4.78, 5) is 22.3. The van der Waals surface area contributed by atoms with Crippen molar-refractivity contribution in [3.8, 4) is 0 Å². The number of nitrogens with one attached hydrogen (secondary N) is 1. The van der Waals surface area contributed by atoms with Crippen LogP contribution in [0.3, 0.4) is 0 Å². The molecule has 1 rings (SSSR count). The average Bonchev–Trinajstić information content (AvgIpc) is 2.63. The summed E-state index contributed by atoms with van der Waals surface area (Å²) in [6.07, 6.45) is 2.58. The second-order valence-electron chi connectivity index (χ2n) is 4.49. The third-order valence-corrected chi connectivity index (χ3v) is 4.39. The van der Waals surface area contributed by atoms with Crippen LogP contribution in [0.5, 0.6) is 0 Å². The SMILES string of the molecule is CC(CCC(=O)O)NC(=O)C1(C)CCCS1. The molecule has 1 fully saturated rings. The molecule has 2 N–H and O–H groups in total. The van der Waals surface area contributed by atoms with Gasteiger partial charge in [0.1, 0.15) is 0 Å². The first-order valence-electron chi connectivity index (χ1n) is 5.61. The Kier molecular flexibility index (Phi) is 4.65. The quantitative estimate of drug-likeness (QED) is 0.772. The molecular weight excluding hydrogens is 226 g/mol. The van der Waals surface area contributed by atoms with Crippen LogP contribution in [0.4, 0.5) is 0 Å². The normalized spacial score (nSPS) is 26.4. The van der Waals surface area contributed by atoms with Crippen LogP contribution in [0.1, 0.15) is 39.5 Å². The Labute approximate surface area is 100 Å². The zero-order valence-electron chi connectivity index (χ0n) is 9.78. The van der Waals surface area contributed by atoms with Crippen LogP contribution in [0, 0.1) is 0 Å². The van der Waals surface area contributed by atoms with Crippen molar-refractivity contribution >= 4 is 23.6 Å². The molecule has 0 bridgehead atoms. The second-order valence-corrected chi connectivity index (χ2v) is 6.09. The summed E-state index contributed by atoms with van der Waals surface area (Å²) in [5.41, 5.74) is 0. The lowest BCUT2D eigenvalue weighted by molar-refractivity contribution is -0.137. The highest BCUT2D eigenvalue weighted by Gasteiger charge is 2.37. The molecule has 4 nitrogen and oxygen atoms in total. The fourth-order valence-electron chi connectivity index (χ4n) is 1.75. The standard InChI is InChI=1S/C11H19NO3S/c1-8(4-5-9(13)14)12-10(15)11(2)6-3-7-16-11/h8H,3-7H2,1-2H3,(H,12,15)(H,13,14). The molecule has 1 aliphatic rings. The molecule has 0 aliphatic carbocycles. The van der Waals surface area contributed by atoms with Gasteiger partial charge in [-0.3, -0.25) is 9.59 Å². The predicted octanol–water partition coefficient (Wildman–Crippen LogP) is 1.64. The van der Waals surface area contributed by atoms with Gasteiger partial charge in [-0.25, -0.2) is 0 Å². The maximum absolute atomic E-state index is 11.9.